The Hall–Kier alpha value is -2.60. The van der Waals surface area contributed by atoms with E-state index in [2.05, 4.69) is 29.0 Å². The fourth-order valence-electron chi connectivity index (χ4n) is 2.44. The summed E-state index contributed by atoms with van der Waals surface area (Å²) >= 11 is 0. The number of carbonyl (C=O) groups is 1. The van der Waals surface area contributed by atoms with Crippen molar-refractivity contribution in [2.45, 2.75) is 33.0 Å². The first kappa shape index (κ1) is 19.7. The third kappa shape index (κ3) is 6.37. The normalized spacial score (nSPS) is 11.0. The number of aromatic nitrogens is 1. The van der Waals surface area contributed by atoms with E-state index < -0.39 is 0 Å². The molecular formula is C20H28N4O2. The van der Waals surface area contributed by atoms with Crippen LogP contribution in [0.25, 0.3) is 0 Å². The number of hydrogen-bond donors (Lipinski definition) is 2. The summed E-state index contributed by atoms with van der Waals surface area (Å²) in [5.74, 6) is 0.218. The highest BCUT2D eigenvalue weighted by Crippen LogP contribution is 2.14. The molecule has 0 aliphatic carbocycles. The second kappa shape index (κ2) is 9.77. The molecule has 140 valence electrons. The molecule has 2 amide bonds. The predicted octanol–water partition coefficient (Wildman–Crippen LogP) is 2.84. The average molecular weight is 356 g/mol. The Labute approximate surface area is 155 Å². The summed E-state index contributed by atoms with van der Waals surface area (Å²) in [6.07, 6.45) is 3.45. The number of nitrogens with zero attached hydrogens (tertiary/aromatic N) is 3. The number of aromatic hydroxyl groups is 1. The van der Waals surface area contributed by atoms with Crippen molar-refractivity contribution >= 4 is 6.03 Å². The Morgan fingerprint density at radius 2 is 1.65 bits per heavy atom. The van der Waals surface area contributed by atoms with E-state index in [1.807, 2.05) is 31.3 Å². The first-order chi connectivity index (χ1) is 12.5. The molecule has 0 saturated carbocycles. The lowest BCUT2D eigenvalue weighted by Gasteiger charge is -2.25. The Morgan fingerprint density at radius 3 is 2.23 bits per heavy atom. The van der Waals surface area contributed by atoms with E-state index in [9.17, 15) is 9.90 Å². The minimum Gasteiger partial charge on any atom is -0.508 e. The number of hydrogen-bond acceptors (Lipinski definition) is 4. The van der Waals surface area contributed by atoms with Crippen LogP contribution < -0.4 is 5.32 Å². The standard InChI is InChI=1S/C20H28N4O2/c1-16(2)23(3)13-12-22-20(26)24(15-18-8-10-21-11-9-18)14-17-4-6-19(25)7-5-17/h4-11,16,25H,12-15H2,1-3H3,(H,22,26). The van der Waals surface area contributed by atoms with Gasteiger partial charge in [-0.2, -0.15) is 0 Å². The lowest BCUT2D eigenvalue weighted by atomic mass is 10.2. The number of urea groups is 1. The maximum absolute atomic E-state index is 12.7. The van der Waals surface area contributed by atoms with Crippen molar-refractivity contribution in [1.29, 1.82) is 0 Å². The molecule has 0 atom stereocenters. The van der Waals surface area contributed by atoms with E-state index in [0.29, 0.717) is 25.7 Å². The van der Waals surface area contributed by atoms with Crippen molar-refractivity contribution in [2.75, 3.05) is 20.1 Å². The fourth-order valence-corrected chi connectivity index (χ4v) is 2.44. The highest BCUT2D eigenvalue weighted by Gasteiger charge is 2.15. The molecule has 1 aromatic heterocycles. The van der Waals surface area contributed by atoms with Crippen LogP contribution in [-0.4, -0.2) is 52.1 Å². The van der Waals surface area contributed by atoms with Gasteiger partial charge in [-0.3, -0.25) is 4.98 Å². The van der Waals surface area contributed by atoms with Crippen molar-refractivity contribution in [3.63, 3.8) is 0 Å². The van der Waals surface area contributed by atoms with Crippen LogP contribution >= 0.6 is 0 Å². The molecule has 0 saturated heterocycles. The Balaban J connectivity index is 2.01. The molecule has 0 aliphatic heterocycles. The van der Waals surface area contributed by atoms with Crippen LogP contribution in [0.1, 0.15) is 25.0 Å². The summed E-state index contributed by atoms with van der Waals surface area (Å²) < 4.78 is 0. The third-order valence-electron chi connectivity index (χ3n) is 4.34. The summed E-state index contributed by atoms with van der Waals surface area (Å²) in [6.45, 7) is 6.61. The molecule has 0 bridgehead atoms. The number of pyridine rings is 1. The molecule has 0 fully saturated rings. The number of rotatable bonds is 8. The number of likely N-dealkylation sites (N-methyl/N-ethyl adjacent to an activating group) is 1. The van der Waals surface area contributed by atoms with Crippen molar-refractivity contribution < 1.29 is 9.90 Å². The minimum atomic E-state index is -0.105. The number of nitrogens with one attached hydrogen (secondary N) is 1. The smallest absolute Gasteiger partial charge is 0.318 e. The zero-order chi connectivity index (χ0) is 18.9. The molecule has 0 radical (unpaired) electrons. The van der Waals surface area contributed by atoms with Gasteiger partial charge in [0.05, 0.1) is 0 Å². The summed E-state index contributed by atoms with van der Waals surface area (Å²) in [7, 11) is 2.04. The van der Waals surface area contributed by atoms with Gasteiger partial charge in [-0.1, -0.05) is 12.1 Å². The molecular weight excluding hydrogens is 328 g/mol. The Bertz CT molecular complexity index is 674. The molecule has 26 heavy (non-hydrogen) atoms. The van der Waals surface area contributed by atoms with Gasteiger partial charge in [0, 0.05) is 44.6 Å². The molecule has 1 aromatic carbocycles. The molecule has 0 spiro atoms. The van der Waals surface area contributed by atoms with Gasteiger partial charge in [0.2, 0.25) is 0 Å². The van der Waals surface area contributed by atoms with Gasteiger partial charge in [0.15, 0.2) is 0 Å². The minimum absolute atomic E-state index is 0.105. The number of phenols is 1. The Kier molecular flexibility index (Phi) is 7.41. The maximum atomic E-state index is 12.7. The monoisotopic (exact) mass is 356 g/mol. The molecule has 0 aliphatic rings. The topological polar surface area (TPSA) is 68.7 Å². The second-order valence-corrected chi connectivity index (χ2v) is 6.68. The molecule has 0 unspecified atom stereocenters. The van der Waals surface area contributed by atoms with Crippen LogP contribution in [0.15, 0.2) is 48.8 Å². The van der Waals surface area contributed by atoms with Gasteiger partial charge in [-0.25, -0.2) is 4.79 Å². The van der Waals surface area contributed by atoms with Crippen LogP contribution in [0, 0.1) is 0 Å². The van der Waals surface area contributed by atoms with Crippen molar-refractivity contribution in [3.8, 4) is 5.75 Å². The SMILES string of the molecule is CC(C)N(C)CCNC(=O)N(Cc1ccncc1)Cc1ccc(O)cc1. The molecule has 6 heteroatoms. The second-order valence-electron chi connectivity index (χ2n) is 6.68. The number of carbonyl (C=O) groups excluding carboxylic acids is 1. The number of amides is 2. The molecule has 2 aromatic rings. The van der Waals surface area contributed by atoms with Gasteiger partial charge in [-0.15, -0.1) is 0 Å². The van der Waals surface area contributed by atoms with Gasteiger partial charge in [0.1, 0.15) is 5.75 Å². The van der Waals surface area contributed by atoms with Gasteiger partial charge in [0.25, 0.3) is 0 Å². The lowest BCUT2D eigenvalue weighted by Crippen LogP contribution is -2.42. The van der Waals surface area contributed by atoms with Gasteiger partial charge < -0.3 is 20.2 Å². The fraction of sp³-hybridized carbons (Fsp3) is 0.400. The molecule has 6 nitrogen and oxygen atoms in total. The molecule has 1 heterocycles. The molecule has 2 N–H and O–H groups in total. The van der Waals surface area contributed by atoms with Crippen molar-refractivity contribution in [2.24, 2.45) is 0 Å². The maximum Gasteiger partial charge on any atom is 0.318 e. The predicted molar refractivity (Wildman–Crippen MR) is 103 cm³/mol. The first-order valence-electron chi connectivity index (χ1n) is 8.85. The van der Waals surface area contributed by atoms with Crippen LogP contribution in [0.2, 0.25) is 0 Å². The highest BCUT2D eigenvalue weighted by molar-refractivity contribution is 5.74. The van der Waals surface area contributed by atoms with Crippen LogP contribution in [0.4, 0.5) is 4.79 Å². The van der Waals surface area contributed by atoms with E-state index >= 15 is 0 Å². The summed E-state index contributed by atoms with van der Waals surface area (Å²) in [4.78, 5) is 20.7. The lowest BCUT2D eigenvalue weighted by molar-refractivity contribution is 0.189. The summed E-state index contributed by atoms with van der Waals surface area (Å²) in [5, 5.41) is 12.4. The van der Waals surface area contributed by atoms with Crippen LogP contribution in [-0.2, 0) is 13.1 Å². The van der Waals surface area contributed by atoms with Crippen molar-refractivity contribution in [3.05, 3.63) is 59.9 Å². The summed E-state index contributed by atoms with van der Waals surface area (Å²) in [5.41, 5.74) is 1.99. The summed E-state index contributed by atoms with van der Waals surface area (Å²) in [6, 6.07) is 11.1. The average Bonchev–Trinajstić information content (AvgIpc) is 2.63. The first-order valence-corrected chi connectivity index (χ1v) is 8.85. The largest absolute Gasteiger partial charge is 0.508 e. The quantitative estimate of drug-likeness (QED) is 0.763. The zero-order valence-corrected chi connectivity index (χ0v) is 15.7. The van der Waals surface area contributed by atoms with E-state index in [-0.39, 0.29) is 11.8 Å². The van der Waals surface area contributed by atoms with E-state index in [1.54, 1.807) is 29.4 Å². The van der Waals surface area contributed by atoms with E-state index in [1.165, 1.54) is 0 Å². The van der Waals surface area contributed by atoms with Gasteiger partial charge >= 0.3 is 6.03 Å². The Morgan fingerprint density at radius 1 is 1.08 bits per heavy atom. The number of phenolic OH excluding ortho intramolecular Hbond substituents is 1. The van der Waals surface area contributed by atoms with Crippen molar-refractivity contribution in [1.82, 2.24) is 20.1 Å². The zero-order valence-electron chi connectivity index (χ0n) is 15.7. The van der Waals surface area contributed by atoms with Gasteiger partial charge in [-0.05, 0) is 56.3 Å². The highest BCUT2D eigenvalue weighted by atomic mass is 16.3. The molecule has 2 rings (SSSR count). The van der Waals surface area contributed by atoms with Crippen LogP contribution in [0.5, 0.6) is 5.75 Å². The van der Waals surface area contributed by atoms with Crippen LogP contribution in [0.3, 0.4) is 0 Å². The van der Waals surface area contributed by atoms with E-state index in [4.69, 9.17) is 0 Å². The third-order valence-corrected chi connectivity index (χ3v) is 4.34. The van der Waals surface area contributed by atoms with E-state index in [0.717, 1.165) is 17.7 Å². The number of benzene rings is 1.